The lowest BCUT2D eigenvalue weighted by molar-refractivity contribution is 0.0672. The van der Waals surface area contributed by atoms with Crippen molar-refractivity contribution < 1.29 is 9.47 Å². The maximum absolute atomic E-state index is 6.01. The number of aryl methyl sites for hydroxylation is 1. The van der Waals surface area contributed by atoms with Crippen LogP contribution in [0.3, 0.4) is 0 Å². The zero-order chi connectivity index (χ0) is 11.8. The molecule has 0 spiro atoms. The summed E-state index contributed by atoms with van der Waals surface area (Å²) >= 11 is 0. The highest BCUT2D eigenvalue weighted by molar-refractivity contribution is 5.09. The fourth-order valence-corrected chi connectivity index (χ4v) is 1.37. The summed E-state index contributed by atoms with van der Waals surface area (Å²) < 4.78 is 12.1. The number of aromatic nitrogens is 2. The molecule has 0 aromatic carbocycles. The van der Waals surface area contributed by atoms with Crippen LogP contribution in [0.1, 0.15) is 24.9 Å². The highest BCUT2D eigenvalue weighted by atomic mass is 16.5. The highest BCUT2D eigenvalue weighted by Crippen LogP contribution is 2.12. The number of nitrogens with zero attached hydrogens (tertiary/aromatic N) is 2. The Balaban J connectivity index is 2.21. The van der Waals surface area contributed by atoms with Crippen LogP contribution < -0.4 is 5.73 Å². The van der Waals surface area contributed by atoms with Crippen LogP contribution in [0.2, 0.25) is 0 Å². The van der Waals surface area contributed by atoms with Gasteiger partial charge in [-0.15, -0.1) is 0 Å². The maximum atomic E-state index is 6.01. The van der Waals surface area contributed by atoms with Gasteiger partial charge in [0, 0.05) is 38.1 Å². The largest absolute Gasteiger partial charge is 0.382 e. The van der Waals surface area contributed by atoms with E-state index >= 15 is 0 Å². The van der Waals surface area contributed by atoms with Crippen molar-refractivity contribution in [3.8, 4) is 0 Å². The van der Waals surface area contributed by atoms with Crippen molar-refractivity contribution in [1.82, 2.24) is 9.78 Å². The van der Waals surface area contributed by atoms with Gasteiger partial charge in [-0.3, -0.25) is 4.68 Å². The van der Waals surface area contributed by atoms with Crippen molar-refractivity contribution in [2.45, 2.75) is 25.9 Å². The molecule has 5 heteroatoms. The van der Waals surface area contributed by atoms with Crippen molar-refractivity contribution in [3.63, 3.8) is 0 Å². The number of hydrogen-bond donors (Lipinski definition) is 1. The number of hydrogen-bond acceptors (Lipinski definition) is 4. The fraction of sp³-hybridized carbons (Fsp3) is 0.727. The van der Waals surface area contributed by atoms with Gasteiger partial charge in [0.05, 0.1) is 19.4 Å². The van der Waals surface area contributed by atoms with Crippen LogP contribution >= 0.6 is 0 Å². The minimum absolute atomic E-state index is 0.00263. The molecule has 92 valence electrons. The van der Waals surface area contributed by atoms with Gasteiger partial charge in [0.25, 0.3) is 0 Å². The second-order valence-corrected chi connectivity index (χ2v) is 3.63. The molecule has 1 heterocycles. The molecule has 0 aliphatic rings. The van der Waals surface area contributed by atoms with E-state index < -0.39 is 0 Å². The molecule has 5 nitrogen and oxygen atoms in total. The first-order chi connectivity index (χ1) is 7.77. The highest BCUT2D eigenvalue weighted by Gasteiger charge is 2.07. The molecule has 0 amide bonds. The molecule has 0 aliphatic carbocycles. The van der Waals surface area contributed by atoms with Crippen molar-refractivity contribution in [2.75, 3.05) is 26.9 Å². The van der Waals surface area contributed by atoms with Crippen molar-refractivity contribution in [1.29, 1.82) is 0 Å². The normalized spacial score (nSPS) is 12.9. The van der Waals surface area contributed by atoms with Gasteiger partial charge in [-0.25, -0.2) is 0 Å². The van der Waals surface area contributed by atoms with Gasteiger partial charge >= 0.3 is 0 Å². The molecule has 16 heavy (non-hydrogen) atoms. The SMILES string of the molecule is CCn1cc(C(N)CCOCCOC)cn1. The monoisotopic (exact) mass is 227 g/mol. The molecule has 1 aromatic heterocycles. The van der Waals surface area contributed by atoms with Gasteiger partial charge in [0.2, 0.25) is 0 Å². The third-order valence-electron chi connectivity index (χ3n) is 2.41. The minimum atomic E-state index is 0.00263. The molecule has 1 atom stereocenters. The molecule has 2 N–H and O–H groups in total. The summed E-state index contributed by atoms with van der Waals surface area (Å²) in [4.78, 5) is 0. The lowest BCUT2D eigenvalue weighted by atomic mass is 10.1. The Morgan fingerprint density at radius 3 is 2.88 bits per heavy atom. The van der Waals surface area contributed by atoms with Crippen LogP contribution in [0.25, 0.3) is 0 Å². The topological polar surface area (TPSA) is 62.3 Å². The fourth-order valence-electron chi connectivity index (χ4n) is 1.37. The Morgan fingerprint density at radius 2 is 2.25 bits per heavy atom. The van der Waals surface area contributed by atoms with Crippen LogP contribution in [0.4, 0.5) is 0 Å². The van der Waals surface area contributed by atoms with Crippen molar-refractivity contribution >= 4 is 0 Å². The van der Waals surface area contributed by atoms with E-state index in [0.29, 0.717) is 19.8 Å². The number of methoxy groups -OCH3 is 1. The second-order valence-electron chi connectivity index (χ2n) is 3.63. The van der Waals surface area contributed by atoms with Crippen LogP contribution in [0.15, 0.2) is 12.4 Å². The van der Waals surface area contributed by atoms with Gasteiger partial charge in [0.1, 0.15) is 0 Å². The predicted octanol–water partition coefficient (Wildman–Crippen LogP) is 0.956. The van der Waals surface area contributed by atoms with Gasteiger partial charge in [-0.05, 0) is 13.3 Å². The summed E-state index contributed by atoms with van der Waals surface area (Å²) in [6.45, 7) is 4.83. The third-order valence-corrected chi connectivity index (χ3v) is 2.41. The van der Waals surface area contributed by atoms with Crippen LogP contribution in [0.5, 0.6) is 0 Å². The summed E-state index contributed by atoms with van der Waals surface area (Å²) in [5.74, 6) is 0. The lowest BCUT2D eigenvalue weighted by Gasteiger charge is -2.09. The molecular formula is C11H21N3O2. The summed E-state index contributed by atoms with van der Waals surface area (Å²) in [5.41, 5.74) is 7.08. The van der Waals surface area contributed by atoms with E-state index in [9.17, 15) is 0 Å². The second kappa shape index (κ2) is 7.38. The number of rotatable bonds is 8. The van der Waals surface area contributed by atoms with E-state index in [1.807, 2.05) is 17.1 Å². The van der Waals surface area contributed by atoms with Gasteiger partial charge in [0.15, 0.2) is 0 Å². The summed E-state index contributed by atoms with van der Waals surface area (Å²) in [6.07, 6.45) is 4.61. The Labute approximate surface area is 96.5 Å². The molecule has 0 radical (unpaired) electrons. The molecule has 1 rings (SSSR count). The molecule has 1 unspecified atom stereocenters. The van der Waals surface area contributed by atoms with E-state index in [1.54, 1.807) is 7.11 Å². The average molecular weight is 227 g/mol. The molecule has 0 saturated heterocycles. The quantitative estimate of drug-likeness (QED) is 0.672. The van der Waals surface area contributed by atoms with Gasteiger partial charge in [-0.2, -0.15) is 5.10 Å². The first-order valence-electron chi connectivity index (χ1n) is 5.62. The third kappa shape index (κ3) is 4.30. The minimum Gasteiger partial charge on any atom is -0.382 e. The van der Waals surface area contributed by atoms with Crippen molar-refractivity contribution in [2.24, 2.45) is 5.73 Å². The van der Waals surface area contributed by atoms with E-state index in [4.69, 9.17) is 15.2 Å². The molecule has 0 fully saturated rings. The standard InChI is InChI=1S/C11H21N3O2/c1-3-14-9-10(8-13-14)11(12)4-5-16-7-6-15-2/h8-9,11H,3-7,12H2,1-2H3. The van der Waals surface area contributed by atoms with E-state index in [1.165, 1.54) is 0 Å². The van der Waals surface area contributed by atoms with Crippen LogP contribution in [-0.4, -0.2) is 36.7 Å². The molecule has 0 bridgehead atoms. The Morgan fingerprint density at radius 1 is 1.44 bits per heavy atom. The van der Waals surface area contributed by atoms with E-state index in [2.05, 4.69) is 12.0 Å². The Hall–Kier alpha value is -0.910. The molecule has 0 aliphatic heterocycles. The summed E-state index contributed by atoms with van der Waals surface area (Å²) in [5, 5.41) is 4.19. The van der Waals surface area contributed by atoms with E-state index in [0.717, 1.165) is 18.5 Å². The average Bonchev–Trinajstić information content (AvgIpc) is 2.77. The smallest absolute Gasteiger partial charge is 0.0700 e. The molecular weight excluding hydrogens is 206 g/mol. The first-order valence-corrected chi connectivity index (χ1v) is 5.62. The molecule has 0 saturated carbocycles. The number of ether oxygens (including phenoxy) is 2. The lowest BCUT2D eigenvalue weighted by Crippen LogP contribution is -2.13. The van der Waals surface area contributed by atoms with Crippen LogP contribution in [-0.2, 0) is 16.0 Å². The maximum Gasteiger partial charge on any atom is 0.0700 e. The zero-order valence-corrected chi connectivity index (χ0v) is 10.1. The van der Waals surface area contributed by atoms with Gasteiger partial charge in [-0.1, -0.05) is 0 Å². The first kappa shape index (κ1) is 13.2. The Kier molecular flexibility index (Phi) is 6.07. The van der Waals surface area contributed by atoms with Gasteiger partial charge < -0.3 is 15.2 Å². The summed E-state index contributed by atoms with van der Waals surface area (Å²) in [7, 11) is 1.66. The zero-order valence-electron chi connectivity index (χ0n) is 10.1. The predicted molar refractivity (Wildman–Crippen MR) is 62.1 cm³/mol. The van der Waals surface area contributed by atoms with E-state index in [-0.39, 0.29) is 6.04 Å². The number of nitrogens with two attached hydrogens (primary N) is 1. The molecule has 1 aromatic rings. The summed E-state index contributed by atoms with van der Waals surface area (Å²) in [6, 6.07) is 0.00263. The Bertz CT molecular complexity index is 289. The van der Waals surface area contributed by atoms with Crippen molar-refractivity contribution in [3.05, 3.63) is 18.0 Å². The van der Waals surface area contributed by atoms with Crippen LogP contribution in [0, 0.1) is 0 Å².